The van der Waals surface area contributed by atoms with Crippen LogP contribution in [0, 0.1) is 18.8 Å². The lowest BCUT2D eigenvalue weighted by atomic mass is 9.49. The number of pyridine rings is 1. The Kier molecular flexibility index (Phi) is 4.45. The van der Waals surface area contributed by atoms with Gasteiger partial charge in [0.05, 0.1) is 0 Å². The van der Waals surface area contributed by atoms with Crippen molar-refractivity contribution in [2.45, 2.75) is 70.0 Å². The molecule has 2 amide bonds. The Hall–Kier alpha value is -2.70. The Bertz CT molecular complexity index is 983. The first-order valence-corrected chi connectivity index (χ1v) is 11.0. The Morgan fingerprint density at radius 1 is 1.03 bits per heavy atom. The molecule has 2 N–H and O–H groups in total. The minimum absolute atomic E-state index is 0.106. The van der Waals surface area contributed by atoms with Gasteiger partial charge in [0.2, 0.25) is 0 Å². The number of rotatable bonds is 5. The van der Waals surface area contributed by atoms with Gasteiger partial charge in [0.15, 0.2) is 0 Å². The van der Waals surface area contributed by atoms with Crippen LogP contribution in [0.3, 0.4) is 0 Å². The molecule has 0 spiro atoms. The van der Waals surface area contributed by atoms with Crippen LogP contribution < -0.4 is 10.6 Å². The quantitative estimate of drug-likeness (QED) is 0.798. The molecule has 2 aromatic rings. The van der Waals surface area contributed by atoms with Gasteiger partial charge in [0.25, 0.3) is 11.8 Å². The molecule has 0 aromatic carbocycles. The van der Waals surface area contributed by atoms with Crippen molar-refractivity contribution in [3.05, 3.63) is 47.5 Å². The van der Waals surface area contributed by atoms with Crippen molar-refractivity contribution in [3.63, 3.8) is 0 Å². The summed E-state index contributed by atoms with van der Waals surface area (Å²) < 4.78 is 1.77. The number of nitrogens with zero attached hydrogens (tertiary/aromatic N) is 3. The molecule has 0 aliphatic heterocycles. The largest absolute Gasteiger partial charge is 0.345 e. The third-order valence-corrected chi connectivity index (χ3v) is 7.14. The van der Waals surface area contributed by atoms with E-state index in [-0.39, 0.29) is 22.9 Å². The Morgan fingerprint density at radius 3 is 2.23 bits per heavy atom. The summed E-state index contributed by atoms with van der Waals surface area (Å²) in [6.45, 7) is 4.64. The number of carbonyl (C=O) groups excluding carboxylic acids is 2. The first-order valence-electron chi connectivity index (χ1n) is 11.0. The van der Waals surface area contributed by atoms with Gasteiger partial charge in [0.1, 0.15) is 11.4 Å². The summed E-state index contributed by atoms with van der Waals surface area (Å²) in [5.41, 5.74) is 1.25. The minimum Gasteiger partial charge on any atom is -0.345 e. The van der Waals surface area contributed by atoms with Crippen LogP contribution in [0.4, 0.5) is 0 Å². The molecule has 4 saturated carbocycles. The molecule has 2 aromatic heterocycles. The van der Waals surface area contributed by atoms with E-state index >= 15 is 0 Å². The summed E-state index contributed by atoms with van der Waals surface area (Å²) in [5.74, 6) is 0.853. The zero-order valence-electron chi connectivity index (χ0n) is 17.6. The number of hydrogen-bond donors (Lipinski definition) is 2. The Morgan fingerprint density at radius 2 is 1.67 bits per heavy atom. The molecule has 2 atom stereocenters. The molecule has 4 fully saturated rings. The standard InChI is InChI=1S/C23H29N5O2/c1-3-28-8-7-19(27-28)21(30)26-23-12-16-9-17(13-23)11-22(10-16,14-23)25-20(29)18-6-4-5-15(2)24-18/h4-8,16-17H,3,9-14H2,1-2H3,(H,25,29)(H,26,30). The second-order valence-electron chi connectivity index (χ2n) is 9.65. The second kappa shape index (κ2) is 6.93. The minimum atomic E-state index is -0.261. The summed E-state index contributed by atoms with van der Waals surface area (Å²) in [7, 11) is 0. The van der Waals surface area contributed by atoms with E-state index in [4.69, 9.17) is 0 Å². The first kappa shape index (κ1) is 19.3. The molecular weight excluding hydrogens is 378 g/mol. The highest BCUT2D eigenvalue weighted by Gasteiger charge is 2.58. The molecule has 30 heavy (non-hydrogen) atoms. The SMILES string of the molecule is CCn1ccc(C(=O)NC23CC4CC(CC(NC(=O)c5cccc(C)n5)(C4)C2)C3)n1. The van der Waals surface area contributed by atoms with Crippen molar-refractivity contribution < 1.29 is 9.59 Å². The summed E-state index contributed by atoms with van der Waals surface area (Å²) >= 11 is 0. The first-order chi connectivity index (χ1) is 14.4. The molecular formula is C23H29N5O2. The number of aryl methyl sites for hydroxylation is 2. The van der Waals surface area contributed by atoms with E-state index in [2.05, 4.69) is 20.7 Å². The van der Waals surface area contributed by atoms with Crippen LogP contribution >= 0.6 is 0 Å². The Balaban J connectivity index is 1.36. The van der Waals surface area contributed by atoms with Crippen LogP contribution in [-0.4, -0.2) is 37.7 Å². The fraction of sp³-hybridized carbons (Fsp3) is 0.565. The summed E-state index contributed by atoms with van der Waals surface area (Å²) in [6.07, 6.45) is 7.78. The maximum absolute atomic E-state index is 13.0. The zero-order chi connectivity index (χ0) is 20.9. The van der Waals surface area contributed by atoms with Gasteiger partial charge in [-0.05, 0) is 82.4 Å². The lowest BCUT2D eigenvalue weighted by Crippen LogP contribution is -2.69. The van der Waals surface area contributed by atoms with Crippen molar-refractivity contribution >= 4 is 11.8 Å². The van der Waals surface area contributed by atoms with Gasteiger partial charge in [-0.3, -0.25) is 14.3 Å². The molecule has 4 bridgehead atoms. The highest BCUT2D eigenvalue weighted by molar-refractivity contribution is 5.93. The molecule has 7 heteroatoms. The monoisotopic (exact) mass is 407 g/mol. The van der Waals surface area contributed by atoms with Crippen LogP contribution in [0.15, 0.2) is 30.5 Å². The van der Waals surface area contributed by atoms with Gasteiger partial charge in [-0.25, -0.2) is 4.98 Å². The van der Waals surface area contributed by atoms with Crippen LogP contribution in [0.5, 0.6) is 0 Å². The van der Waals surface area contributed by atoms with Crippen LogP contribution in [0.2, 0.25) is 0 Å². The van der Waals surface area contributed by atoms with E-state index in [1.54, 1.807) is 16.8 Å². The van der Waals surface area contributed by atoms with E-state index < -0.39 is 0 Å². The highest BCUT2D eigenvalue weighted by atomic mass is 16.2. The lowest BCUT2D eigenvalue weighted by Gasteiger charge is -2.62. The molecule has 0 saturated heterocycles. The average molecular weight is 408 g/mol. The highest BCUT2D eigenvalue weighted by Crippen LogP contribution is 2.57. The molecule has 6 rings (SSSR count). The fourth-order valence-corrected chi connectivity index (χ4v) is 6.49. The number of carbonyl (C=O) groups is 2. The topological polar surface area (TPSA) is 88.9 Å². The van der Waals surface area contributed by atoms with Gasteiger partial charge >= 0.3 is 0 Å². The van der Waals surface area contributed by atoms with E-state index in [9.17, 15) is 9.59 Å². The molecule has 0 radical (unpaired) electrons. The van der Waals surface area contributed by atoms with E-state index in [1.165, 1.54) is 6.42 Å². The van der Waals surface area contributed by atoms with E-state index in [1.807, 2.05) is 32.2 Å². The van der Waals surface area contributed by atoms with Gasteiger partial charge in [-0.2, -0.15) is 5.10 Å². The molecule has 2 unspecified atom stereocenters. The van der Waals surface area contributed by atoms with Crippen molar-refractivity contribution in [3.8, 4) is 0 Å². The Labute approximate surface area is 176 Å². The van der Waals surface area contributed by atoms with Crippen molar-refractivity contribution in [2.24, 2.45) is 11.8 Å². The summed E-state index contributed by atoms with van der Waals surface area (Å²) in [5, 5.41) is 11.1. The second-order valence-corrected chi connectivity index (χ2v) is 9.65. The lowest BCUT2D eigenvalue weighted by molar-refractivity contribution is -0.0449. The predicted molar refractivity (Wildman–Crippen MR) is 112 cm³/mol. The van der Waals surface area contributed by atoms with Crippen molar-refractivity contribution in [1.82, 2.24) is 25.4 Å². The normalized spacial score (nSPS) is 31.5. The summed E-state index contributed by atoms with van der Waals surface area (Å²) in [6, 6.07) is 7.31. The fourth-order valence-electron chi connectivity index (χ4n) is 6.49. The third-order valence-electron chi connectivity index (χ3n) is 7.14. The van der Waals surface area contributed by atoms with Crippen molar-refractivity contribution in [1.29, 1.82) is 0 Å². The smallest absolute Gasteiger partial charge is 0.272 e. The van der Waals surface area contributed by atoms with Crippen LogP contribution in [0.1, 0.15) is 72.1 Å². The third kappa shape index (κ3) is 3.40. The van der Waals surface area contributed by atoms with Gasteiger partial charge in [-0.1, -0.05) is 6.07 Å². The molecule has 4 aliphatic rings. The predicted octanol–water partition coefficient (Wildman–Crippen LogP) is 2.86. The zero-order valence-corrected chi connectivity index (χ0v) is 17.6. The van der Waals surface area contributed by atoms with E-state index in [0.29, 0.717) is 23.2 Å². The molecule has 7 nitrogen and oxygen atoms in total. The number of nitrogens with one attached hydrogen (secondary N) is 2. The molecule has 158 valence electrons. The van der Waals surface area contributed by atoms with Gasteiger partial charge < -0.3 is 10.6 Å². The summed E-state index contributed by atoms with van der Waals surface area (Å²) in [4.78, 5) is 30.3. The average Bonchev–Trinajstić information content (AvgIpc) is 3.15. The number of aromatic nitrogens is 3. The maximum Gasteiger partial charge on any atom is 0.272 e. The maximum atomic E-state index is 13.0. The van der Waals surface area contributed by atoms with E-state index in [0.717, 1.165) is 44.3 Å². The van der Waals surface area contributed by atoms with Gasteiger partial charge in [-0.15, -0.1) is 0 Å². The molecule has 2 heterocycles. The van der Waals surface area contributed by atoms with Crippen LogP contribution in [0.25, 0.3) is 0 Å². The van der Waals surface area contributed by atoms with Gasteiger partial charge in [0, 0.05) is 29.5 Å². The number of hydrogen-bond acceptors (Lipinski definition) is 4. The number of amides is 2. The van der Waals surface area contributed by atoms with Crippen LogP contribution in [-0.2, 0) is 6.54 Å². The molecule has 4 aliphatic carbocycles. The van der Waals surface area contributed by atoms with Crippen molar-refractivity contribution in [2.75, 3.05) is 0 Å².